The summed E-state index contributed by atoms with van der Waals surface area (Å²) in [6.07, 6.45) is 0.616. The van der Waals surface area contributed by atoms with Crippen LogP contribution >= 0.6 is 0 Å². The standard InChI is InChI=1S/C18H25N5O2S/c1-13-11-17(20-14-5-7-15(8-6-14)22(2)3)21-18(19-13)23(4)16-9-10-26(24,25)12-16/h5-8,11,16H,9-10,12H2,1-4H3,(H,19,20,21). The lowest BCUT2D eigenvalue weighted by Gasteiger charge is -2.24. The van der Waals surface area contributed by atoms with E-state index in [4.69, 9.17) is 0 Å². The van der Waals surface area contributed by atoms with Crippen LogP contribution in [0.25, 0.3) is 0 Å². The van der Waals surface area contributed by atoms with Crippen molar-refractivity contribution >= 4 is 33.0 Å². The lowest BCUT2D eigenvalue weighted by atomic mass is 10.2. The Labute approximate surface area is 155 Å². The second-order valence-corrected chi connectivity index (χ2v) is 9.16. The van der Waals surface area contributed by atoms with Crippen LogP contribution in [0.1, 0.15) is 12.1 Å². The third kappa shape index (κ3) is 4.24. The summed E-state index contributed by atoms with van der Waals surface area (Å²) in [6.45, 7) is 1.91. The van der Waals surface area contributed by atoms with Gasteiger partial charge in [-0.15, -0.1) is 0 Å². The van der Waals surface area contributed by atoms with Crippen LogP contribution in [0.2, 0.25) is 0 Å². The highest BCUT2D eigenvalue weighted by molar-refractivity contribution is 7.91. The first-order valence-corrected chi connectivity index (χ1v) is 10.4. The van der Waals surface area contributed by atoms with Crippen LogP contribution in [0, 0.1) is 6.92 Å². The van der Waals surface area contributed by atoms with Crippen molar-refractivity contribution in [1.82, 2.24) is 9.97 Å². The molecule has 1 fully saturated rings. The molecule has 1 aliphatic rings. The second-order valence-electron chi connectivity index (χ2n) is 6.93. The molecular formula is C18H25N5O2S. The number of nitrogens with zero attached hydrogens (tertiary/aromatic N) is 4. The summed E-state index contributed by atoms with van der Waals surface area (Å²) in [5.41, 5.74) is 2.89. The van der Waals surface area contributed by atoms with Gasteiger partial charge in [0.25, 0.3) is 0 Å². The van der Waals surface area contributed by atoms with Gasteiger partial charge >= 0.3 is 0 Å². The number of anilines is 4. The Balaban J connectivity index is 1.79. The summed E-state index contributed by atoms with van der Waals surface area (Å²) >= 11 is 0. The first kappa shape index (κ1) is 18.4. The molecule has 140 valence electrons. The minimum Gasteiger partial charge on any atom is -0.378 e. The topological polar surface area (TPSA) is 78.4 Å². The molecule has 1 unspecified atom stereocenters. The van der Waals surface area contributed by atoms with E-state index in [9.17, 15) is 8.42 Å². The van der Waals surface area contributed by atoms with Crippen molar-refractivity contribution < 1.29 is 8.42 Å². The average Bonchev–Trinajstić information content (AvgIpc) is 2.94. The van der Waals surface area contributed by atoms with E-state index in [-0.39, 0.29) is 17.5 Å². The van der Waals surface area contributed by atoms with Crippen LogP contribution in [0.4, 0.5) is 23.1 Å². The number of nitrogens with one attached hydrogen (secondary N) is 1. The van der Waals surface area contributed by atoms with E-state index in [1.54, 1.807) is 0 Å². The van der Waals surface area contributed by atoms with E-state index in [2.05, 4.69) is 15.3 Å². The Kier molecular flexibility index (Phi) is 5.04. The maximum absolute atomic E-state index is 11.7. The van der Waals surface area contributed by atoms with Crippen molar-refractivity contribution in [1.29, 1.82) is 0 Å². The molecule has 0 radical (unpaired) electrons. The quantitative estimate of drug-likeness (QED) is 0.858. The van der Waals surface area contributed by atoms with Gasteiger partial charge in [0.2, 0.25) is 5.95 Å². The monoisotopic (exact) mass is 375 g/mol. The normalized spacial score (nSPS) is 18.5. The van der Waals surface area contributed by atoms with Gasteiger partial charge in [0.05, 0.1) is 11.5 Å². The molecule has 0 bridgehead atoms. The Bertz CT molecular complexity index is 881. The van der Waals surface area contributed by atoms with Crippen molar-refractivity contribution in [2.75, 3.05) is 47.8 Å². The minimum absolute atomic E-state index is 0.0750. The number of aromatic nitrogens is 2. The van der Waals surface area contributed by atoms with Crippen molar-refractivity contribution in [2.24, 2.45) is 0 Å². The zero-order chi connectivity index (χ0) is 18.9. The average molecular weight is 375 g/mol. The molecule has 3 rings (SSSR count). The highest BCUT2D eigenvalue weighted by Crippen LogP contribution is 2.24. The fourth-order valence-electron chi connectivity index (χ4n) is 3.01. The van der Waals surface area contributed by atoms with E-state index in [0.29, 0.717) is 18.2 Å². The summed E-state index contributed by atoms with van der Waals surface area (Å²) in [4.78, 5) is 13.0. The first-order chi connectivity index (χ1) is 12.2. The molecule has 0 spiro atoms. The molecule has 7 nitrogen and oxygen atoms in total. The fourth-order valence-corrected chi connectivity index (χ4v) is 4.78. The van der Waals surface area contributed by atoms with Crippen LogP contribution in [0.15, 0.2) is 30.3 Å². The van der Waals surface area contributed by atoms with Crippen LogP contribution in [0.3, 0.4) is 0 Å². The van der Waals surface area contributed by atoms with E-state index in [1.807, 2.05) is 68.2 Å². The summed E-state index contributed by atoms with van der Waals surface area (Å²) in [6, 6.07) is 9.87. The molecule has 2 heterocycles. The third-order valence-corrected chi connectivity index (χ3v) is 6.32. The number of hydrogen-bond acceptors (Lipinski definition) is 7. The Morgan fingerprint density at radius 2 is 1.81 bits per heavy atom. The van der Waals surface area contributed by atoms with Gasteiger partial charge in [0, 0.05) is 50.3 Å². The molecule has 1 aromatic carbocycles. The summed E-state index contributed by atoms with van der Waals surface area (Å²) in [5.74, 6) is 1.63. The molecule has 1 N–H and O–H groups in total. The van der Waals surface area contributed by atoms with Crippen LogP contribution in [0.5, 0.6) is 0 Å². The fraction of sp³-hybridized carbons (Fsp3) is 0.444. The van der Waals surface area contributed by atoms with E-state index in [1.165, 1.54) is 0 Å². The van der Waals surface area contributed by atoms with E-state index in [0.717, 1.165) is 17.1 Å². The van der Waals surface area contributed by atoms with Gasteiger partial charge in [0.1, 0.15) is 5.82 Å². The Hall–Kier alpha value is -2.35. The molecule has 26 heavy (non-hydrogen) atoms. The number of aryl methyl sites for hydroxylation is 1. The van der Waals surface area contributed by atoms with E-state index >= 15 is 0 Å². The second kappa shape index (κ2) is 7.11. The molecule has 0 amide bonds. The smallest absolute Gasteiger partial charge is 0.227 e. The van der Waals surface area contributed by atoms with E-state index < -0.39 is 9.84 Å². The molecule has 1 aromatic heterocycles. The molecule has 2 aromatic rings. The van der Waals surface area contributed by atoms with Crippen molar-refractivity contribution in [3.05, 3.63) is 36.0 Å². The molecular weight excluding hydrogens is 350 g/mol. The SMILES string of the molecule is Cc1cc(Nc2ccc(N(C)C)cc2)nc(N(C)C2CCS(=O)(=O)C2)n1. The van der Waals surface area contributed by atoms with Gasteiger partial charge in [-0.1, -0.05) is 0 Å². The lowest BCUT2D eigenvalue weighted by Crippen LogP contribution is -2.34. The predicted molar refractivity (Wildman–Crippen MR) is 106 cm³/mol. The highest BCUT2D eigenvalue weighted by atomic mass is 32.2. The predicted octanol–water partition coefficient (Wildman–Crippen LogP) is 2.22. The number of rotatable bonds is 5. The summed E-state index contributed by atoms with van der Waals surface area (Å²) < 4.78 is 23.5. The number of benzene rings is 1. The van der Waals surface area contributed by atoms with Crippen LogP contribution in [-0.4, -0.2) is 57.1 Å². The largest absolute Gasteiger partial charge is 0.378 e. The van der Waals surface area contributed by atoms with Crippen LogP contribution < -0.4 is 15.1 Å². The minimum atomic E-state index is -2.95. The molecule has 1 saturated heterocycles. The molecule has 0 saturated carbocycles. The zero-order valence-electron chi connectivity index (χ0n) is 15.6. The van der Waals surface area contributed by atoms with Gasteiger partial charge in [-0.25, -0.2) is 13.4 Å². The number of sulfone groups is 1. The maximum atomic E-state index is 11.7. The van der Waals surface area contributed by atoms with Gasteiger partial charge in [-0.2, -0.15) is 4.98 Å². The third-order valence-electron chi connectivity index (χ3n) is 4.57. The molecule has 1 atom stereocenters. The van der Waals surface area contributed by atoms with Gasteiger partial charge in [-0.05, 0) is 37.6 Å². The van der Waals surface area contributed by atoms with Gasteiger partial charge in [-0.3, -0.25) is 0 Å². The zero-order valence-corrected chi connectivity index (χ0v) is 16.4. The molecule has 1 aliphatic heterocycles. The van der Waals surface area contributed by atoms with Crippen molar-refractivity contribution in [2.45, 2.75) is 19.4 Å². The van der Waals surface area contributed by atoms with Crippen molar-refractivity contribution in [3.63, 3.8) is 0 Å². The molecule has 0 aliphatic carbocycles. The lowest BCUT2D eigenvalue weighted by molar-refractivity contribution is 0.600. The maximum Gasteiger partial charge on any atom is 0.227 e. The van der Waals surface area contributed by atoms with Crippen molar-refractivity contribution in [3.8, 4) is 0 Å². The summed E-state index contributed by atoms with van der Waals surface area (Å²) in [5, 5.41) is 3.30. The van der Waals surface area contributed by atoms with Gasteiger partial charge in [0.15, 0.2) is 9.84 Å². The highest BCUT2D eigenvalue weighted by Gasteiger charge is 2.31. The Morgan fingerprint density at radius 3 is 2.38 bits per heavy atom. The van der Waals surface area contributed by atoms with Crippen LogP contribution in [-0.2, 0) is 9.84 Å². The van der Waals surface area contributed by atoms with Gasteiger partial charge < -0.3 is 15.1 Å². The summed E-state index contributed by atoms with van der Waals surface area (Å²) in [7, 11) is 2.91. The Morgan fingerprint density at radius 1 is 1.12 bits per heavy atom. The first-order valence-electron chi connectivity index (χ1n) is 8.57. The molecule has 8 heteroatoms. The number of hydrogen-bond donors (Lipinski definition) is 1.